The van der Waals surface area contributed by atoms with Crippen LogP contribution in [0.5, 0.6) is 5.75 Å². The third kappa shape index (κ3) is 3.68. The second-order valence-electron chi connectivity index (χ2n) is 5.67. The second-order valence-corrected chi connectivity index (χ2v) is 5.67. The van der Waals surface area contributed by atoms with Crippen LogP contribution in [0.25, 0.3) is 0 Å². The monoisotopic (exact) mass is 330 g/mol. The Balaban J connectivity index is 1.67. The molecule has 2 heterocycles. The van der Waals surface area contributed by atoms with E-state index in [1.54, 1.807) is 14.2 Å². The lowest BCUT2D eigenvalue weighted by molar-refractivity contribution is 0.181. The van der Waals surface area contributed by atoms with E-state index in [1.165, 1.54) is 11.8 Å². The first-order valence-corrected chi connectivity index (χ1v) is 7.93. The summed E-state index contributed by atoms with van der Waals surface area (Å²) in [6, 6.07) is 9.53. The molecule has 0 bridgehead atoms. The van der Waals surface area contributed by atoms with Crippen molar-refractivity contribution in [2.24, 2.45) is 0 Å². The van der Waals surface area contributed by atoms with E-state index in [1.807, 2.05) is 12.1 Å². The van der Waals surface area contributed by atoms with Gasteiger partial charge in [-0.25, -0.2) is 4.98 Å². The summed E-state index contributed by atoms with van der Waals surface area (Å²) in [6.45, 7) is 3.66. The fraction of sp³-hybridized carbons (Fsp3) is 0.412. The molecule has 0 spiro atoms. The Morgan fingerprint density at radius 2 is 1.75 bits per heavy atom. The van der Waals surface area contributed by atoms with Crippen LogP contribution >= 0.6 is 0 Å². The minimum absolute atomic E-state index is 0.148. The molecule has 1 aliphatic heterocycles. The Hall–Kier alpha value is -2.54. The van der Waals surface area contributed by atoms with Gasteiger partial charge >= 0.3 is 0 Å². The van der Waals surface area contributed by atoms with Gasteiger partial charge in [0.15, 0.2) is 0 Å². The van der Waals surface area contributed by atoms with E-state index in [-0.39, 0.29) is 5.56 Å². The summed E-state index contributed by atoms with van der Waals surface area (Å²) in [4.78, 5) is 23.5. The molecule has 1 aliphatic rings. The van der Waals surface area contributed by atoms with Crippen LogP contribution in [-0.4, -0.2) is 50.4 Å². The smallest absolute Gasteiger partial charge is 0.252 e. The number of nitrogens with one attached hydrogen (secondary N) is 1. The minimum Gasteiger partial charge on any atom is -0.497 e. The van der Waals surface area contributed by atoms with Gasteiger partial charge < -0.3 is 19.3 Å². The van der Waals surface area contributed by atoms with Crippen LogP contribution < -0.4 is 20.1 Å². The van der Waals surface area contributed by atoms with Gasteiger partial charge in [0.1, 0.15) is 5.75 Å². The van der Waals surface area contributed by atoms with Crippen LogP contribution in [0, 0.1) is 0 Å². The van der Waals surface area contributed by atoms with Crippen LogP contribution in [0.15, 0.2) is 35.1 Å². The number of nitrogens with zero attached hydrogens (tertiary/aromatic N) is 3. The summed E-state index contributed by atoms with van der Waals surface area (Å²) < 4.78 is 10.3. The van der Waals surface area contributed by atoms with Crippen LogP contribution in [0.3, 0.4) is 0 Å². The molecule has 0 saturated carbocycles. The number of anilines is 2. The van der Waals surface area contributed by atoms with Crippen molar-refractivity contribution >= 4 is 11.6 Å². The number of piperazine rings is 1. The molecule has 0 amide bonds. The van der Waals surface area contributed by atoms with Gasteiger partial charge in [0.2, 0.25) is 5.95 Å². The van der Waals surface area contributed by atoms with Gasteiger partial charge in [0.25, 0.3) is 5.56 Å². The number of H-pyrrole nitrogens is 1. The molecule has 1 aromatic heterocycles. The number of methoxy groups -OCH3 is 2. The van der Waals surface area contributed by atoms with E-state index in [9.17, 15) is 4.79 Å². The molecule has 7 nitrogen and oxygen atoms in total. The van der Waals surface area contributed by atoms with Gasteiger partial charge in [-0.3, -0.25) is 9.78 Å². The van der Waals surface area contributed by atoms with Gasteiger partial charge in [0, 0.05) is 45.0 Å². The highest BCUT2D eigenvalue weighted by Gasteiger charge is 2.19. The summed E-state index contributed by atoms with van der Waals surface area (Å²) in [5, 5.41) is 0. The number of hydrogen-bond donors (Lipinski definition) is 1. The SMILES string of the molecule is COCc1cc(=O)[nH]c(N2CCN(c3ccc(OC)cc3)CC2)n1. The quantitative estimate of drug-likeness (QED) is 0.890. The molecule has 128 valence electrons. The highest BCUT2D eigenvalue weighted by atomic mass is 16.5. The summed E-state index contributed by atoms with van der Waals surface area (Å²) in [5.74, 6) is 1.47. The summed E-state index contributed by atoms with van der Waals surface area (Å²) in [7, 11) is 3.26. The van der Waals surface area contributed by atoms with Gasteiger partial charge in [-0.2, -0.15) is 0 Å². The third-order valence-electron chi connectivity index (χ3n) is 4.09. The molecular weight excluding hydrogens is 308 g/mol. The maximum atomic E-state index is 11.8. The van der Waals surface area contributed by atoms with Crippen LogP contribution in [0.1, 0.15) is 5.69 Å². The maximum Gasteiger partial charge on any atom is 0.252 e. The van der Waals surface area contributed by atoms with Gasteiger partial charge in [-0.05, 0) is 24.3 Å². The topological polar surface area (TPSA) is 70.7 Å². The summed E-state index contributed by atoms with van der Waals surface area (Å²) >= 11 is 0. The first-order chi connectivity index (χ1) is 11.7. The normalized spacial score (nSPS) is 14.8. The second kappa shape index (κ2) is 7.35. The maximum absolute atomic E-state index is 11.8. The third-order valence-corrected chi connectivity index (χ3v) is 4.09. The fourth-order valence-electron chi connectivity index (χ4n) is 2.83. The largest absolute Gasteiger partial charge is 0.497 e. The Labute approximate surface area is 140 Å². The Kier molecular flexibility index (Phi) is 5.00. The average Bonchev–Trinajstić information content (AvgIpc) is 2.62. The molecule has 0 atom stereocenters. The first-order valence-electron chi connectivity index (χ1n) is 7.93. The predicted molar refractivity (Wildman–Crippen MR) is 93.0 cm³/mol. The standard InChI is InChI=1S/C17H22N4O3/c1-23-12-13-11-16(22)19-17(18-13)21-9-7-20(8-10-21)14-3-5-15(24-2)6-4-14/h3-6,11H,7-10,12H2,1-2H3,(H,18,19,22). The first kappa shape index (κ1) is 16.3. The lowest BCUT2D eigenvalue weighted by atomic mass is 10.2. The molecule has 0 aliphatic carbocycles. The lowest BCUT2D eigenvalue weighted by Crippen LogP contribution is -2.47. The minimum atomic E-state index is -0.148. The average molecular weight is 330 g/mol. The number of hydrogen-bond acceptors (Lipinski definition) is 6. The van der Waals surface area contributed by atoms with Crippen LogP contribution in [0.2, 0.25) is 0 Å². The van der Waals surface area contributed by atoms with E-state index in [2.05, 4.69) is 31.9 Å². The summed E-state index contributed by atoms with van der Waals surface area (Å²) in [6.07, 6.45) is 0. The molecular formula is C17H22N4O3. The zero-order chi connectivity index (χ0) is 16.9. The zero-order valence-corrected chi connectivity index (χ0v) is 14.0. The number of aromatic nitrogens is 2. The predicted octanol–water partition coefficient (Wildman–Crippen LogP) is 1.25. The highest BCUT2D eigenvalue weighted by Crippen LogP contribution is 2.21. The molecule has 3 rings (SSSR count). The molecule has 1 fully saturated rings. The van der Waals surface area contributed by atoms with Crippen molar-refractivity contribution in [1.29, 1.82) is 0 Å². The molecule has 1 saturated heterocycles. The van der Waals surface area contributed by atoms with Gasteiger partial charge in [-0.15, -0.1) is 0 Å². The van der Waals surface area contributed by atoms with Crippen molar-refractivity contribution in [2.75, 3.05) is 50.2 Å². The van der Waals surface area contributed by atoms with Gasteiger partial charge in [0.05, 0.1) is 19.4 Å². The van der Waals surface area contributed by atoms with Gasteiger partial charge in [-0.1, -0.05) is 0 Å². The zero-order valence-electron chi connectivity index (χ0n) is 14.0. The van der Waals surface area contributed by atoms with E-state index >= 15 is 0 Å². The van der Waals surface area contributed by atoms with E-state index in [0.29, 0.717) is 18.2 Å². The van der Waals surface area contributed by atoms with Crippen molar-refractivity contribution in [3.8, 4) is 5.75 Å². The van der Waals surface area contributed by atoms with Crippen LogP contribution in [-0.2, 0) is 11.3 Å². The number of ether oxygens (including phenoxy) is 2. The molecule has 2 aromatic rings. The number of rotatable bonds is 5. The Morgan fingerprint density at radius 3 is 2.38 bits per heavy atom. The van der Waals surface area contributed by atoms with Crippen molar-refractivity contribution < 1.29 is 9.47 Å². The number of aromatic amines is 1. The highest BCUT2D eigenvalue weighted by molar-refractivity contribution is 5.50. The van der Waals surface area contributed by atoms with Crippen molar-refractivity contribution in [3.05, 3.63) is 46.4 Å². The van der Waals surface area contributed by atoms with E-state index < -0.39 is 0 Å². The van der Waals surface area contributed by atoms with E-state index in [4.69, 9.17) is 9.47 Å². The van der Waals surface area contributed by atoms with Crippen LogP contribution in [0.4, 0.5) is 11.6 Å². The van der Waals surface area contributed by atoms with Crippen molar-refractivity contribution in [3.63, 3.8) is 0 Å². The molecule has 1 aromatic carbocycles. The molecule has 0 radical (unpaired) electrons. The van der Waals surface area contributed by atoms with Crippen molar-refractivity contribution in [2.45, 2.75) is 6.61 Å². The van der Waals surface area contributed by atoms with Crippen molar-refractivity contribution in [1.82, 2.24) is 9.97 Å². The fourth-order valence-corrected chi connectivity index (χ4v) is 2.83. The Morgan fingerprint density at radius 1 is 1.08 bits per heavy atom. The molecule has 24 heavy (non-hydrogen) atoms. The summed E-state index contributed by atoms with van der Waals surface area (Å²) in [5.41, 5.74) is 1.67. The molecule has 7 heteroatoms. The molecule has 0 unspecified atom stereocenters. The number of benzene rings is 1. The lowest BCUT2D eigenvalue weighted by Gasteiger charge is -2.36. The molecule has 1 N–H and O–H groups in total. The Bertz CT molecular complexity index is 721. The van der Waals surface area contributed by atoms with E-state index in [0.717, 1.165) is 31.9 Å².